The number of aryl methyl sites for hydroxylation is 1. The molecule has 0 aliphatic carbocycles. The monoisotopic (exact) mass is 332 g/mol. The summed E-state index contributed by atoms with van der Waals surface area (Å²) in [7, 11) is 1.71. The minimum atomic E-state index is -0.501. The molecular formula is C11H10Cl2N4O2S. The number of halogens is 2. The van der Waals surface area contributed by atoms with Gasteiger partial charge in [-0.05, 0) is 30.7 Å². The number of anilines is 1. The van der Waals surface area contributed by atoms with Gasteiger partial charge in [-0.3, -0.25) is 10.1 Å². The number of hydrogen-bond donors (Lipinski definition) is 0. The molecule has 0 atom stereocenters. The first kappa shape index (κ1) is 15.0. The Morgan fingerprint density at radius 1 is 1.40 bits per heavy atom. The molecule has 6 nitrogen and oxygen atoms in total. The van der Waals surface area contributed by atoms with Crippen LogP contribution in [0.4, 0.5) is 11.5 Å². The van der Waals surface area contributed by atoms with Crippen molar-refractivity contribution >= 4 is 46.0 Å². The van der Waals surface area contributed by atoms with Crippen molar-refractivity contribution in [1.82, 2.24) is 9.97 Å². The summed E-state index contributed by atoms with van der Waals surface area (Å²) in [6.07, 6.45) is 0. The lowest BCUT2D eigenvalue weighted by Gasteiger charge is -2.17. The van der Waals surface area contributed by atoms with Crippen molar-refractivity contribution < 1.29 is 4.92 Å². The third kappa shape index (κ3) is 3.17. The van der Waals surface area contributed by atoms with Crippen molar-refractivity contribution in [2.45, 2.75) is 13.5 Å². The first-order valence-electron chi connectivity index (χ1n) is 5.52. The van der Waals surface area contributed by atoms with E-state index >= 15 is 0 Å². The van der Waals surface area contributed by atoms with Crippen molar-refractivity contribution in [2.75, 3.05) is 11.9 Å². The Hall–Kier alpha value is -1.44. The normalized spacial score (nSPS) is 10.6. The van der Waals surface area contributed by atoms with Crippen LogP contribution in [0.5, 0.6) is 0 Å². The van der Waals surface area contributed by atoms with Crippen LogP contribution in [0.2, 0.25) is 9.62 Å². The number of nitro groups is 1. The first-order valence-corrected chi connectivity index (χ1v) is 7.09. The number of thiophene rings is 1. The predicted molar refractivity (Wildman–Crippen MR) is 79.9 cm³/mol. The molecule has 0 aromatic carbocycles. The fourth-order valence-electron chi connectivity index (χ4n) is 1.74. The maximum Gasteiger partial charge on any atom is 0.332 e. The van der Waals surface area contributed by atoms with Gasteiger partial charge < -0.3 is 4.90 Å². The molecule has 0 saturated heterocycles. The highest BCUT2D eigenvalue weighted by molar-refractivity contribution is 7.16. The Bertz CT molecular complexity index is 662. The van der Waals surface area contributed by atoms with Gasteiger partial charge in [0.05, 0.1) is 15.8 Å². The fraction of sp³-hybridized carbons (Fsp3) is 0.273. The summed E-state index contributed by atoms with van der Waals surface area (Å²) >= 11 is 13.1. The van der Waals surface area contributed by atoms with Crippen molar-refractivity contribution in [3.05, 3.63) is 42.4 Å². The standard InChI is InChI=1S/C11H10Cl2N4O2S/c1-6-9(17(18)19)10(15-11(13)14-6)16(2)5-7-3-4-8(12)20-7/h3-4H,5H2,1-2H3. The van der Waals surface area contributed by atoms with Gasteiger partial charge in [0.2, 0.25) is 11.1 Å². The molecule has 0 aliphatic heterocycles. The van der Waals surface area contributed by atoms with E-state index in [4.69, 9.17) is 23.2 Å². The molecule has 106 valence electrons. The summed E-state index contributed by atoms with van der Waals surface area (Å²) in [6, 6.07) is 3.65. The SMILES string of the molecule is Cc1nc(Cl)nc(N(C)Cc2ccc(Cl)s2)c1[N+](=O)[O-]. The Kier molecular flexibility index (Phi) is 4.42. The zero-order valence-electron chi connectivity index (χ0n) is 10.6. The Labute approximate surface area is 129 Å². The maximum atomic E-state index is 11.2. The zero-order chi connectivity index (χ0) is 14.9. The molecule has 2 heterocycles. The van der Waals surface area contributed by atoms with Gasteiger partial charge in [-0.2, -0.15) is 4.98 Å². The topological polar surface area (TPSA) is 72.2 Å². The van der Waals surface area contributed by atoms with E-state index in [2.05, 4.69) is 9.97 Å². The number of aromatic nitrogens is 2. The number of rotatable bonds is 4. The van der Waals surface area contributed by atoms with Gasteiger partial charge in [-0.25, -0.2) is 4.98 Å². The Balaban J connectivity index is 2.38. The van der Waals surface area contributed by atoms with Gasteiger partial charge in [0.25, 0.3) is 0 Å². The quantitative estimate of drug-likeness (QED) is 0.485. The molecule has 2 aromatic heterocycles. The number of nitrogens with zero attached hydrogens (tertiary/aromatic N) is 4. The van der Waals surface area contributed by atoms with Crippen LogP contribution in [0.15, 0.2) is 12.1 Å². The van der Waals surface area contributed by atoms with Crippen LogP contribution in [0.25, 0.3) is 0 Å². The van der Waals surface area contributed by atoms with Gasteiger partial charge in [0.1, 0.15) is 5.69 Å². The summed E-state index contributed by atoms with van der Waals surface area (Å²) in [5.41, 5.74) is 0.0978. The van der Waals surface area contributed by atoms with Crippen LogP contribution < -0.4 is 4.90 Å². The van der Waals surface area contributed by atoms with E-state index < -0.39 is 4.92 Å². The van der Waals surface area contributed by atoms with Crippen LogP contribution >= 0.6 is 34.5 Å². The van der Waals surface area contributed by atoms with Crippen molar-refractivity contribution in [1.29, 1.82) is 0 Å². The predicted octanol–water partition coefficient (Wildman–Crippen LogP) is 3.70. The largest absolute Gasteiger partial charge is 0.349 e. The second kappa shape index (κ2) is 5.90. The molecule has 0 N–H and O–H groups in total. The lowest BCUT2D eigenvalue weighted by molar-refractivity contribution is -0.385. The van der Waals surface area contributed by atoms with E-state index in [0.29, 0.717) is 10.9 Å². The second-order valence-electron chi connectivity index (χ2n) is 4.07. The third-order valence-corrected chi connectivity index (χ3v) is 3.96. The maximum absolute atomic E-state index is 11.2. The van der Waals surface area contributed by atoms with Crippen LogP contribution in [0, 0.1) is 17.0 Å². The Morgan fingerprint density at radius 3 is 2.65 bits per heavy atom. The smallest absolute Gasteiger partial charge is 0.332 e. The van der Waals surface area contributed by atoms with Gasteiger partial charge in [0, 0.05) is 11.9 Å². The highest BCUT2D eigenvalue weighted by Crippen LogP contribution is 2.31. The second-order valence-corrected chi connectivity index (χ2v) is 6.21. The fourth-order valence-corrected chi connectivity index (χ4v) is 3.09. The summed E-state index contributed by atoms with van der Waals surface area (Å²) in [5.74, 6) is 0.192. The van der Waals surface area contributed by atoms with Crippen molar-refractivity contribution in [3.63, 3.8) is 0 Å². The van der Waals surface area contributed by atoms with Gasteiger partial charge >= 0.3 is 5.69 Å². The molecule has 20 heavy (non-hydrogen) atoms. The highest BCUT2D eigenvalue weighted by atomic mass is 35.5. The molecule has 0 unspecified atom stereocenters. The van der Waals surface area contributed by atoms with Gasteiger partial charge in [-0.15, -0.1) is 11.3 Å². The highest BCUT2D eigenvalue weighted by Gasteiger charge is 2.24. The van der Waals surface area contributed by atoms with Crippen molar-refractivity contribution in [2.24, 2.45) is 0 Å². The molecule has 0 radical (unpaired) electrons. The first-order chi connectivity index (χ1) is 9.38. The summed E-state index contributed by atoms with van der Waals surface area (Å²) in [5, 5.41) is 11.1. The lowest BCUT2D eigenvalue weighted by Crippen LogP contribution is -2.19. The average molecular weight is 333 g/mol. The molecular weight excluding hydrogens is 323 g/mol. The Morgan fingerprint density at radius 2 is 2.10 bits per heavy atom. The molecule has 9 heteroatoms. The third-order valence-electron chi connectivity index (χ3n) is 2.58. The van der Waals surface area contributed by atoms with Crippen LogP contribution in [0.1, 0.15) is 10.6 Å². The minimum absolute atomic E-state index is 0.0147. The molecule has 0 saturated carbocycles. The van der Waals surface area contributed by atoms with E-state index in [1.807, 2.05) is 6.07 Å². The zero-order valence-corrected chi connectivity index (χ0v) is 13.0. The van der Waals surface area contributed by atoms with Crippen molar-refractivity contribution in [3.8, 4) is 0 Å². The molecule has 0 amide bonds. The van der Waals surface area contributed by atoms with E-state index in [0.717, 1.165) is 4.88 Å². The summed E-state index contributed by atoms with van der Waals surface area (Å²) in [6.45, 7) is 1.98. The molecule has 0 bridgehead atoms. The van der Waals surface area contributed by atoms with Crippen LogP contribution in [-0.2, 0) is 6.54 Å². The van der Waals surface area contributed by atoms with Crippen LogP contribution in [0.3, 0.4) is 0 Å². The summed E-state index contributed by atoms with van der Waals surface area (Å²) < 4.78 is 0.666. The van der Waals surface area contributed by atoms with E-state index in [1.54, 1.807) is 18.0 Å². The summed E-state index contributed by atoms with van der Waals surface area (Å²) in [4.78, 5) is 21.1. The molecule has 2 rings (SSSR count). The molecule has 0 aliphatic rings. The lowest BCUT2D eigenvalue weighted by atomic mass is 10.3. The van der Waals surface area contributed by atoms with Crippen LogP contribution in [-0.4, -0.2) is 21.9 Å². The van der Waals surface area contributed by atoms with E-state index in [-0.39, 0.29) is 22.5 Å². The van der Waals surface area contributed by atoms with Gasteiger partial charge in [0.15, 0.2) is 0 Å². The van der Waals surface area contributed by atoms with E-state index in [1.165, 1.54) is 18.3 Å². The minimum Gasteiger partial charge on any atom is -0.349 e. The van der Waals surface area contributed by atoms with Gasteiger partial charge in [-0.1, -0.05) is 11.6 Å². The number of hydrogen-bond acceptors (Lipinski definition) is 6. The molecule has 0 fully saturated rings. The van der Waals surface area contributed by atoms with E-state index in [9.17, 15) is 10.1 Å². The molecule has 0 spiro atoms. The average Bonchev–Trinajstić information content (AvgIpc) is 2.72. The molecule has 2 aromatic rings.